The number of carboxylic acids is 1. The molecule has 1 aliphatic carbocycles. The van der Waals surface area contributed by atoms with E-state index in [9.17, 15) is 14.7 Å². The van der Waals surface area contributed by atoms with Crippen LogP contribution in [-0.4, -0.2) is 36.2 Å². The number of amides is 1. The maximum Gasteiger partial charge on any atom is 1.00 e. The largest absolute Gasteiger partial charge is 1.00 e. The standard InChI is InChI=1S/C23H21N7O3.K/c1-29-11-5-8-17(29)21(31)25-15-6-3-4-7-16(15)26-23-24-12-13-9-10-14-19(22(32)33)28-30(2)20(14)18(13)27-23;/h3-8,11-12H,9-10H2,1-2H3,(H,25,31)(H,32,33)(H,24,26,27);/q;+1/p-1. The van der Waals surface area contributed by atoms with Gasteiger partial charge in [0.2, 0.25) is 5.95 Å². The van der Waals surface area contributed by atoms with Gasteiger partial charge in [-0.3, -0.25) is 9.48 Å². The number of nitrogens with one attached hydrogen (secondary N) is 2. The molecule has 4 aromatic rings. The van der Waals surface area contributed by atoms with Gasteiger partial charge in [0.15, 0.2) is 0 Å². The second-order valence-corrected chi connectivity index (χ2v) is 7.78. The van der Waals surface area contributed by atoms with Gasteiger partial charge in [-0.1, -0.05) is 12.1 Å². The number of carbonyl (C=O) groups is 2. The molecule has 34 heavy (non-hydrogen) atoms. The van der Waals surface area contributed by atoms with Crippen LogP contribution in [0.5, 0.6) is 0 Å². The number of nitrogens with zero attached hydrogens (tertiary/aromatic N) is 5. The topological polar surface area (TPSA) is 130 Å². The number of aromatic carboxylic acids is 1. The number of rotatable bonds is 5. The Hall–Kier alpha value is -2.83. The van der Waals surface area contributed by atoms with E-state index in [1.807, 2.05) is 18.2 Å². The first-order chi connectivity index (χ1) is 15.9. The van der Waals surface area contributed by atoms with Crippen molar-refractivity contribution in [3.05, 3.63) is 71.3 Å². The number of hydrogen-bond acceptors (Lipinski definition) is 7. The van der Waals surface area contributed by atoms with E-state index in [2.05, 4.69) is 25.7 Å². The van der Waals surface area contributed by atoms with E-state index in [1.165, 1.54) is 4.68 Å². The van der Waals surface area contributed by atoms with E-state index in [0.29, 0.717) is 52.8 Å². The minimum atomic E-state index is -1.30. The number of carboxylic acid groups (broad SMARTS) is 1. The third-order valence-electron chi connectivity index (χ3n) is 5.67. The normalized spacial score (nSPS) is 11.7. The first-order valence-corrected chi connectivity index (χ1v) is 10.3. The first-order valence-electron chi connectivity index (χ1n) is 10.3. The van der Waals surface area contributed by atoms with Gasteiger partial charge in [-0.25, -0.2) is 9.97 Å². The van der Waals surface area contributed by atoms with E-state index in [4.69, 9.17) is 0 Å². The van der Waals surface area contributed by atoms with Crippen LogP contribution in [-0.2, 0) is 26.9 Å². The van der Waals surface area contributed by atoms with Gasteiger partial charge in [0.05, 0.1) is 28.7 Å². The van der Waals surface area contributed by atoms with Gasteiger partial charge in [-0.15, -0.1) is 0 Å². The minimum absolute atomic E-state index is 0. The van der Waals surface area contributed by atoms with Crippen LogP contribution in [0, 0.1) is 0 Å². The van der Waals surface area contributed by atoms with Crippen LogP contribution in [0.15, 0.2) is 48.8 Å². The fraction of sp³-hybridized carbons (Fsp3) is 0.174. The monoisotopic (exact) mass is 481 g/mol. The van der Waals surface area contributed by atoms with Crippen LogP contribution in [0.25, 0.3) is 11.4 Å². The molecule has 1 aromatic carbocycles. The summed E-state index contributed by atoms with van der Waals surface area (Å²) in [5.41, 5.74) is 4.47. The van der Waals surface area contributed by atoms with Crippen molar-refractivity contribution in [3.63, 3.8) is 0 Å². The molecule has 0 aliphatic heterocycles. The molecule has 3 aromatic heterocycles. The Morgan fingerprint density at radius 3 is 2.53 bits per heavy atom. The molecule has 0 bridgehead atoms. The number of benzene rings is 1. The number of para-hydroxylation sites is 2. The summed E-state index contributed by atoms with van der Waals surface area (Å²) in [6.07, 6.45) is 4.67. The number of aromatic nitrogens is 5. The van der Waals surface area contributed by atoms with Crippen molar-refractivity contribution >= 4 is 29.2 Å². The molecule has 0 radical (unpaired) electrons. The molecule has 166 valence electrons. The minimum Gasteiger partial charge on any atom is -0.543 e. The average Bonchev–Trinajstić information content (AvgIpc) is 3.38. The molecular weight excluding hydrogens is 461 g/mol. The fourth-order valence-corrected chi connectivity index (χ4v) is 4.08. The van der Waals surface area contributed by atoms with Gasteiger partial charge in [-0.05, 0) is 42.7 Å². The van der Waals surface area contributed by atoms with Gasteiger partial charge in [0.1, 0.15) is 11.4 Å². The Kier molecular flexibility index (Phi) is 7.00. The molecule has 0 fully saturated rings. The van der Waals surface area contributed by atoms with Gasteiger partial charge in [0.25, 0.3) is 5.91 Å². The van der Waals surface area contributed by atoms with E-state index in [0.717, 1.165) is 5.56 Å². The number of fused-ring (bicyclic) bond motifs is 3. The van der Waals surface area contributed by atoms with Crippen molar-refractivity contribution in [3.8, 4) is 11.4 Å². The Bertz CT molecular complexity index is 1410. The number of hydrogen-bond donors (Lipinski definition) is 2. The Balaban J connectivity index is 0.00000274. The maximum atomic E-state index is 12.7. The van der Waals surface area contributed by atoms with Crippen LogP contribution in [0.4, 0.5) is 17.3 Å². The molecule has 0 unspecified atom stereocenters. The molecule has 1 aliphatic rings. The number of carbonyl (C=O) groups excluding carboxylic acids is 2. The molecule has 0 spiro atoms. The van der Waals surface area contributed by atoms with Gasteiger partial charge in [-0.2, -0.15) is 5.10 Å². The van der Waals surface area contributed by atoms with Crippen molar-refractivity contribution in [2.24, 2.45) is 14.1 Å². The molecule has 2 N–H and O–H groups in total. The van der Waals surface area contributed by atoms with Crippen LogP contribution in [0.1, 0.15) is 32.1 Å². The predicted octanol–water partition coefficient (Wildman–Crippen LogP) is -1.32. The summed E-state index contributed by atoms with van der Waals surface area (Å²) in [7, 11) is 3.49. The summed E-state index contributed by atoms with van der Waals surface area (Å²) < 4.78 is 3.26. The second-order valence-electron chi connectivity index (χ2n) is 7.78. The van der Waals surface area contributed by atoms with Crippen LogP contribution in [0.3, 0.4) is 0 Å². The van der Waals surface area contributed by atoms with Crippen LogP contribution in [0.2, 0.25) is 0 Å². The summed E-state index contributed by atoms with van der Waals surface area (Å²) in [6.45, 7) is 0. The maximum absolute atomic E-state index is 12.7. The first kappa shape index (κ1) is 24.3. The van der Waals surface area contributed by atoms with Crippen molar-refractivity contribution in [1.82, 2.24) is 24.3 Å². The summed E-state index contributed by atoms with van der Waals surface area (Å²) in [4.78, 5) is 33.2. The third kappa shape index (κ3) is 4.44. The molecule has 0 saturated carbocycles. The molecule has 0 saturated heterocycles. The fourth-order valence-electron chi connectivity index (χ4n) is 4.08. The Labute approximate surface area is 237 Å². The number of aryl methyl sites for hydroxylation is 3. The van der Waals surface area contributed by atoms with Crippen molar-refractivity contribution < 1.29 is 66.1 Å². The summed E-state index contributed by atoms with van der Waals surface area (Å²) in [6, 6.07) is 10.8. The quantitative estimate of drug-likeness (QED) is 0.338. The second kappa shape index (κ2) is 9.80. The zero-order valence-corrected chi connectivity index (χ0v) is 22.1. The van der Waals surface area contributed by atoms with E-state index >= 15 is 0 Å². The zero-order valence-electron chi connectivity index (χ0n) is 19.0. The van der Waals surface area contributed by atoms with Crippen molar-refractivity contribution in [2.45, 2.75) is 12.8 Å². The molecule has 5 rings (SSSR count). The molecular formula is C23H20KN7O3. The summed E-state index contributed by atoms with van der Waals surface area (Å²) in [5, 5.41) is 21.7. The molecule has 0 atom stereocenters. The van der Waals surface area contributed by atoms with Crippen molar-refractivity contribution in [2.75, 3.05) is 10.6 Å². The van der Waals surface area contributed by atoms with E-state index < -0.39 is 5.97 Å². The Morgan fingerprint density at radius 1 is 1.06 bits per heavy atom. The van der Waals surface area contributed by atoms with E-state index in [1.54, 1.807) is 49.3 Å². The third-order valence-corrected chi connectivity index (χ3v) is 5.67. The van der Waals surface area contributed by atoms with Crippen LogP contribution < -0.4 is 67.1 Å². The van der Waals surface area contributed by atoms with E-state index in [-0.39, 0.29) is 63.0 Å². The zero-order chi connectivity index (χ0) is 23.1. The Morgan fingerprint density at radius 2 is 1.82 bits per heavy atom. The van der Waals surface area contributed by atoms with Gasteiger partial charge >= 0.3 is 51.4 Å². The summed E-state index contributed by atoms with van der Waals surface area (Å²) >= 11 is 0. The average molecular weight is 482 g/mol. The SMILES string of the molecule is Cn1cccc1C(=O)Nc1ccccc1Nc1ncc2c(n1)-c1c(c(C(=O)[O-])nn1C)CC2.[K+]. The van der Waals surface area contributed by atoms with Crippen molar-refractivity contribution in [1.29, 1.82) is 0 Å². The van der Waals surface area contributed by atoms with Crippen LogP contribution >= 0.6 is 0 Å². The van der Waals surface area contributed by atoms with Gasteiger partial charge in [0, 0.05) is 32.1 Å². The molecule has 1 amide bonds. The smallest absolute Gasteiger partial charge is 0.543 e. The number of anilines is 3. The summed E-state index contributed by atoms with van der Waals surface area (Å²) in [5.74, 6) is -1.22. The predicted molar refractivity (Wildman–Crippen MR) is 119 cm³/mol. The molecule has 3 heterocycles. The molecule has 10 nitrogen and oxygen atoms in total. The molecule has 11 heteroatoms. The van der Waals surface area contributed by atoms with Gasteiger partial charge < -0.3 is 25.1 Å².